The van der Waals surface area contributed by atoms with Crippen LogP contribution in [0.5, 0.6) is 5.75 Å². The number of aliphatic carboxylic acids is 1. The molecule has 3 N–H and O–H groups in total. The summed E-state index contributed by atoms with van der Waals surface area (Å²) < 4.78 is 0.755. The molecule has 1 amide bonds. The average molecular weight is 377 g/mol. The zero-order valence-electron chi connectivity index (χ0n) is 9.78. The van der Waals surface area contributed by atoms with E-state index in [1.165, 1.54) is 12.1 Å². The van der Waals surface area contributed by atoms with Crippen LogP contribution in [0.25, 0.3) is 0 Å². The van der Waals surface area contributed by atoms with E-state index in [1.54, 1.807) is 6.07 Å². The number of phenols is 1. The molecule has 1 saturated heterocycles. The number of hydrogen-bond acceptors (Lipinski definition) is 4. The molecule has 2 rings (SSSR count). The number of carbonyl (C=O) groups excluding carboxylic acids is 1. The van der Waals surface area contributed by atoms with E-state index in [-0.39, 0.29) is 24.3 Å². The van der Waals surface area contributed by atoms with Crippen molar-refractivity contribution in [1.29, 1.82) is 0 Å². The smallest absolute Gasteiger partial charge is 0.326 e. The Hall–Kier alpha value is -1.35. The first-order valence-electron chi connectivity index (χ1n) is 5.60. The van der Waals surface area contributed by atoms with Gasteiger partial charge in [0.15, 0.2) is 0 Å². The molecular weight excluding hydrogens is 365 g/mol. The number of carboxylic acids is 1. The van der Waals surface area contributed by atoms with Gasteiger partial charge in [-0.15, -0.1) is 0 Å². The van der Waals surface area contributed by atoms with Crippen molar-refractivity contribution < 1.29 is 24.9 Å². The molecule has 0 spiro atoms. The molecular formula is C12H12INO5. The molecule has 7 heteroatoms. The molecule has 1 aromatic carbocycles. The van der Waals surface area contributed by atoms with Crippen LogP contribution < -0.4 is 0 Å². The van der Waals surface area contributed by atoms with Crippen molar-refractivity contribution in [2.24, 2.45) is 0 Å². The van der Waals surface area contributed by atoms with Gasteiger partial charge >= 0.3 is 5.97 Å². The van der Waals surface area contributed by atoms with Crippen LogP contribution in [-0.4, -0.2) is 50.8 Å². The van der Waals surface area contributed by atoms with E-state index in [1.807, 2.05) is 22.6 Å². The van der Waals surface area contributed by atoms with Crippen LogP contribution in [-0.2, 0) is 4.79 Å². The number of aliphatic hydroxyl groups is 1. The second-order valence-electron chi connectivity index (χ2n) is 4.36. The van der Waals surface area contributed by atoms with Crippen LogP contribution in [0.1, 0.15) is 16.8 Å². The molecule has 0 aliphatic carbocycles. The molecule has 1 aliphatic rings. The molecule has 0 unspecified atom stereocenters. The lowest BCUT2D eigenvalue weighted by atomic mass is 10.1. The third-order valence-electron chi connectivity index (χ3n) is 3.01. The van der Waals surface area contributed by atoms with E-state index in [4.69, 9.17) is 5.11 Å². The lowest BCUT2D eigenvalue weighted by Crippen LogP contribution is -2.40. The van der Waals surface area contributed by atoms with Gasteiger partial charge < -0.3 is 20.2 Å². The van der Waals surface area contributed by atoms with Crippen molar-refractivity contribution in [3.05, 3.63) is 27.3 Å². The molecule has 1 aliphatic heterocycles. The lowest BCUT2D eigenvalue weighted by Gasteiger charge is -2.21. The first-order chi connectivity index (χ1) is 8.90. The molecule has 0 radical (unpaired) electrons. The zero-order chi connectivity index (χ0) is 14.2. The van der Waals surface area contributed by atoms with Crippen LogP contribution >= 0.6 is 22.6 Å². The molecule has 1 aromatic rings. The van der Waals surface area contributed by atoms with E-state index in [0.29, 0.717) is 0 Å². The molecule has 102 valence electrons. The summed E-state index contributed by atoms with van der Waals surface area (Å²) in [6.45, 7) is -0.0410. The first kappa shape index (κ1) is 14.1. The van der Waals surface area contributed by atoms with Gasteiger partial charge in [-0.25, -0.2) is 4.79 Å². The number of carboxylic acid groups (broad SMARTS) is 1. The topological polar surface area (TPSA) is 98.1 Å². The normalized spacial score (nSPS) is 22.5. The maximum Gasteiger partial charge on any atom is 0.326 e. The van der Waals surface area contributed by atoms with Crippen LogP contribution in [0, 0.1) is 3.57 Å². The number of halogens is 1. The average Bonchev–Trinajstić information content (AvgIpc) is 2.74. The molecule has 0 saturated carbocycles. The maximum absolute atomic E-state index is 12.3. The van der Waals surface area contributed by atoms with Gasteiger partial charge in [-0.3, -0.25) is 4.79 Å². The molecule has 0 bridgehead atoms. The number of phenolic OH excluding ortho intramolecular Hbond substituents is 1. The number of amides is 1. The number of benzene rings is 1. The van der Waals surface area contributed by atoms with Crippen molar-refractivity contribution in [2.45, 2.75) is 18.6 Å². The fourth-order valence-electron chi connectivity index (χ4n) is 2.11. The molecule has 19 heavy (non-hydrogen) atoms. The highest BCUT2D eigenvalue weighted by molar-refractivity contribution is 14.1. The van der Waals surface area contributed by atoms with Gasteiger partial charge in [0.1, 0.15) is 11.8 Å². The predicted molar refractivity (Wildman–Crippen MR) is 73.9 cm³/mol. The third-order valence-corrected chi connectivity index (χ3v) is 3.68. The standard InChI is InChI=1S/C12H12INO5/c13-6-1-2-10(16)8(3-6)11(17)14-5-7(15)4-9(14)12(18)19/h1-3,7,9,15-16H,4-5H2,(H,18,19)/t7-,9-/m0/s1. The minimum absolute atomic E-state index is 0.00572. The molecule has 6 nitrogen and oxygen atoms in total. The quantitative estimate of drug-likeness (QED) is 0.658. The molecule has 1 heterocycles. The number of rotatable bonds is 2. The Morgan fingerprint density at radius 1 is 1.37 bits per heavy atom. The fraction of sp³-hybridized carbons (Fsp3) is 0.333. The Morgan fingerprint density at radius 2 is 2.05 bits per heavy atom. The van der Waals surface area contributed by atoms with E-state index < -0.39 is 24.0 Å². The van der Waals surface area contributed by atoms with Crippen molar-refractivity contribution in [1.82, 2.24) is 4.90 Å². The van der Waals surface area contributed by atoms with Gasteiger partial charge in [0, 0.05) is 16.5 Å². The highest BCUT2D eigenvalue weighted by atomic mass is 127. The second kappa shape index (κ2) is 5.33. The summed E-state index contributed by atoms with van der Waals surface area (Å²) in [6, 6.07) is 3.46. The van der Waals surface area contributed by atoms with Crippen molar-refractivity contribution in [2.75, 3.05) is 6.54 Å². The largest absolute Gasteiger partial charge is 0.507 e. The summed E-state index contributed by atoms with van der Waals surface area (Å²) in [4.78, 5) is 24.4. The first-order valence-corrected chi connectivity index (χ1v) is 6.68. The number of hydrogen-bond donors (Lipinski definition) is 3. The van der Waals surface area contributed by atoms with E-state index in [2.05, 4.69) is 0 Å². The predicted octanol–water partition coefficient (Wildman–Crippen LogP) is 0.657. The van der Waals surface area contributed by atoms with Gasteiger partial charge in [0.05, 0.1) is 11.7 Å². The van der Waals surface area contributed by atoms with Crippen molar-refractivity contribution in [3.63, 3.8) is 0 Å². The molecule has 0 aromatic heterocycles. The summed E-state index contributed by atoms with van der Waals surface area (Å²) in [5.41, 5.74) is 0.0484. The van der Waals surface area contributed by atoms with Gasteiger partial charge in [0.25, 0.3) is 5.91 Å². The summed E-state index contributed by atoms with van der Waals surface area (Å²) >= 11 is 1.99. The Labute approximate surface area is 122 Å². The van der Waals surface area contributed by atoms with Gasteiger partial charge in [-0.1, -0.05) is 0 Å². The van der Waals surface area contributed by atoms with Crippen LogP contribution in [0.3, 0.4) is 0 Å². The Balaban J connectivity index is 2.33. The van der Waals surface area contributed by atoms with Gasteiger partial charge in [-0.2, -0.15) is 0 Å². The summed E-state index contributed by atoms with van der Waals surface area (Å²) in [5.74, 6) is -1.94. The highest BCUT2D eigenvalue weighted by Crippen LogP contribution is 2.26. The number of likely N-dealkylation sites (tertiary alicyclic amines) is 1. The van der Waals surface area contributed by atoms with Gasteiger partial charge in [0.2, 0.25) is 0 Å². The number of β-amino-alcohol motifs (C(OH)–C–C–N with tert-alkyl or cyclic N) is 1. The minimum atomic E-state index is -1.16. The van der Waals surface area contributed by atoms with Crippen molar-refractivity contribution >= 4 is 34.5 Å². The Morgan fingerprint density at radius 3 is 2.68 bits per heavy atom. The monoisotopic (exact) mass is 377 g/mol. The van der Waals surface area contributed by atoms with E-state index in [9.17, 15) is 19.8 Å². The number of nitrogens with zero attached hydrogens (tertiary/aromatic N) is 1. The van der Waals surface area contributed by atoms with Crippen LogP contribution in [0.15, 0.2) is 18.2 Å². The van der Waals surface area contributed by atoms with Crippen LogP contribution in [0.2, 0.25) is 0 Å². The summed E-state index contributed by atoms with van der Waals surface area (Å²) in [6.07, 6.45) is -0.846. The third kappa shape index (κ3) is 2.81. The van der Waals surface area contributed by atoms with E-state index in [0.717, 1.165) is 8.47 Å². The fourth-order valence-corrected chi connectivity index (χ4v) is 2.60. The SMILES string of the molecule is O=C(O)[C@@H]1C[C@H](O)CN1C(=O)c1cc(I)ccc1O. The maximum atomic E-state index is 12.3. The van der Waals surface area contributed by atoms with E-state index >= 15 is 0 Å². The Kier molecular flexibility index (Phi) is 3.95. The minimum Gasteiger partial charge on any atom is -0.507 e. The highest BCUT2D eigenvalue weighted by Gasteiger charge is 2.39. The lowest BCUT2D eigenvalue weighted by molar-refractivity contribution is -0.141. The van der Waals surface area contributed by atoms with Gasteiger partial charge in [-0.05, 0) is 40.8 Å². The molecule has 1 fully saturated rings. The number of carbonyl (C=O) groups is 2. The van der Waals surface area contributed by atoms with Crippen LogP contribution in [0.4, 0.5) is 0 Å². The number of aromatic hydroxyl groups is 1. The number of aliphatic hydroxyl groups excluding tert-OH is 1. The Bertz CT molecular complexity index is 533. The second-order valence-corrected chi connectivity index (χ2v) is 5.61. The summed E-state index contributed by atoms with van der Waals surface area (Å²) in [7, 11) is 0. The summed E-state index contributed by atoms with van der Waals surface area (Å²) in [5, 5.41) is 28.3. The molecule has 2 atom stereocenters. The zero-order valence-corrected chi connectivity index (χ0v) is 11.9. The van der Waals surface area contributed by atoms with Crippen molar-refractivity contribution in [3.8, 4) is 5.75 Å².